The second kappa shape index (κ2) is 12.8. The first kappa shape index (κ1) is 43.4. The van der Waals surface area contributed by atoms with Crippen molar-refractivity contribution in [1.29, 1.82) is 0 Å². The van der Waals surface area contributed by atoms with Gasteiger partial charge in [0.15, 0.2) is 0 Å². The highest BCUT2D eigenvalue weighted by Gasteiger charge is 2.51. The summed E-state index contributed by atoms with van der Waals surface area (Å²) in [5.74, 6) is 2.09. The largest absolute Gasteiger partial charge is 0.457 e. The molecule has 0 spiro atoms. The van der Waals surface area contributed by atoms with Crippen molar-refractivity contribution in [2.75, 3.05) is 0 Å². The zero-order valence-electron chi connectivity index (χ0n) is 44.5. The first-order valence-electron chi connectivity index (χ1n) is 25.8. The predicted octanol–water partition coefficient (Wildman–Crippen LogP) is 14.5. The van der Waals surface area contributed by atoms with E-state index in [4.69, 9.17) is 4.42 Å². The third-order valence-corrected chi connectivity index (χ3v) is 17.0. The van der Waals surface area contributed by atoms with Crippen molar-refractivity contribution >= 4 is 79.2 Å². The van der Waals surface area contributed by atoms with Crippen LogP contribution < -0.4 is 21.9 Å². The van der Waals surface area contributed by atoms with Gasteiger partial charge in [-0.1, -0.05) is 161 Å². The van der Waals surface area contributed by atoms with Crippen molar-refractivity contribution in [1.82, 2.24) is 8.96 Å². The summed E-state index contributed by atoms with van der Waals surface area (Å²) in [6.07, 6.45) is 0. The maximum atomic E-state index is 8.01. The molecule has 3 aromatic heterocycles. The summed E-state index contributed by atoms with van der Waals surface area (Å²) >= 11 is 0. The molecule has 69 heavy (non-hydrogen) atoms. The van der Waals surface area contributed by atoms with E-state index in [1.807, 2.05) is 0 Å². The molecular formula is C64H68B2N2O. The lowest BCUT2D eigenvalue weighted by atomic mass is 9.37. The molecule has 5 heteroatoms. The van der Waals surface area contributed by atoms with Crippen LogP contribution in [0.1, 0.15) is 158 Å². The van der Waals surface area contributed by atoms with Gasteiger partial charge in [0.2, 0.25) is 0 Å². The Morgan fingerprint density at radius 2 is 0.580 bits per heavy atom. The Bertz CT molecular complexity index is 3590. The van der Waals surface area contributed by atoms with E-state index < -0.39 is 0 Å². The Morgan fingerprint density at radius 3 is 0.870 bits per heavy atom. The average Bonchev–Trinajstić information content (AvgIpc) is 3.92. The molecule has 346 valence electrons. The lowest BCUT2D eigenvalue weighted by molar-refractivity contribution is 0.585. The van der Waals surface area contributed by atoms with E-state index in [1.54, 1.807) is 0 Å². The van der Waals surface area contributed by atoms with Crippen molar-refractivity contribution < 1.29 is 4.42 Å². The van der Waals surface area contributed by atoms with Crippen LogP contribution in [0.5, 0.6) is 0 Å². The number of benzene rings is 6. The summed E-state index contributed by atoms with van der Waals surface area (Å²) in [7, 11) is 0. The molecule has 0 radical (unpaired) electrons. The predicted molar refractivity (Wildman–Crippen MR) is 299 cm³/mol. The molecule has 9 aromatic rings. The maximum Gasteiger partial charge on any atom is 0.332 e. The molecule has 0 bridgehead atoms. The fourth-order valence-corrected chi connectivity index (χ4v) is 12.9. The quantitative estimate of drug-likeness (QED) is 0.139. The highest BCUT2D eigenvalue weighted by molar-refractivity contribution is 6.98. The number of hydrogen-bond donors (Lipinski definition) is 0. The zero-order valence-corrected chi connectivity index (χ0v) is 44.5. The maximum absolute atomic E-state index is 8.01. The van der Waals surface area contributed by atoms with Gasteiger partial charge in [-0.05, 0) is 147 Å². The molecule has 6 aromatic carbocycles. The number of furan rings is 1. The molecule has 3 nitrogen and oxygen atoms in total. The van der Waals surface area contributed by atoms with E-state index in [9.17, 15) is 0 Å². The second-order valence-corrected chi connectivity index (χ2v) is 27.9. The summed E-state index contributed by atoms with van der Waals surface area (Å²) < 4.78 is 13.6. The average molecular weight is 903 g/mol. The normalized spacial score (nSPS) is 15.0. The minimum atomic E-state index is -0.0985. The smallest absolute Gasteiger partial charge is 0.332 e. The Balaban J connectivity index is 1.26. The van der Waals surface area contributed by atoms with Gasteiger partial charge < -0.3 is 13.4 Å². The molecule has 4 aliphatic rings. The van der Waals surface area contributed by atoms with Crippen LogP contribution in [0.15, 0.2) is 89.3 Å². The van der Waals surface area contributed by atoms with Crippen LogP contribution in [0.3, 0.4) is 0 Å². The summed E-state index contributed by atoms with van der Waals surface area (Å²) in [6.45, 7) is 42.4. The highest BCUT2D eigenvalue weighted by Crippen LogP contribution is 2.52. The van der Waals surface area contributed by atoms with Gasteiger partial charge in [-0.25, -0.2) is 0 Å². The van der Waals surface area contributed by atoms with Crippen LogP contribution in [0.4, 0.5) is 0 Å². The molecule has 0 unspecified atom stereocenters. The molecule has 0 aliphatic carbocycles. The molecule has 0 fully saturated rings. The number of nitrogens with zero attached hydrogens (tertiary/aromatic N) is 2. The van der Waals surface area contributed by atoms with Gasteiger partial charge in [0.05, 0.1) is 0 Å². The fourth-order valence-electron chi connectivity index (χ4n) is 12.9. The number of aromatic nitrogens is 2. The van der Waals surface area contributed by atoms with E-state index in [0.29, 0.717) is 0 Å². The third kappa shape index (κ3) is 5.65. The third-order valence-electron chi connectivity index (χ3n) is 17.0. The number of hydrogen-bond acceptors (Lipinski definition) is 1. The Hall–Kier alpha value is -5.67. The van der Waals surface area contributed by atoms with Gasteiger partial charge >= 0.3 is 13.7 Å². The highest BCUT2D eigenvalue weighted by atomic mass is 16.3. The SMILES string of the molecule is CC(C)(C)c1ccc2c(c1)B1c3c(oc4c3B3c5cc(C(C)(C)C)ccc5-c5cc(C(C)(C)C)cc6c7cc(C(C)(C)C)cc-4c7n3c56)-c3cc(C(C)(C)C)cc4c5cc(C(C)(C)C)cc-2c5n1c34. The van der Waals surface area contributed by atoms with Crippen LogP contribution in [0.2, 0.25) is 0 Å². The van der Waals surface area contributed by atoms with E-state index in [1.165, 1.54) is 132 Å². The topological polar surface area (TPSA) is 23.0 Å². The number of rotatable bonds is 0. The minimum absolute atomic E-state index is 0.0337. The van der Waals surface area contributed by atoms with Crippen LogP contribution >= 0.6 is 0 Å². The summed E-state index contributed by atoms with van der Waals surface area (Å²) in [5.41, 5.74) is 26.4. The molecule has 13 rings (SSSR count). The van der Waals surface area contributed by atoms with Crippen molar-refractivity contribution in [2.45, 2.75) is 157 Å². The molecule has 4 aliphatic heterocycles. The first-order chi connectivity index (χ1) is 32.0. The molecule has 0 saturated heterocycles. The van der Waals surface area contributed by atoms with Crippen molar-refractivity contribution in [3.63, 3.8) is 0 Å². The first-order valence-corrected chi connectivity index (χ1v) is 25.8. The minimum Gasteiger partial charge on any atom is -0.457 e. The Kier molecular flexibility index (Phi) is 8.04. The van der Waals surface area contributed by atoms with E-state index >= 15 is 0 Å². The molecule has 0 N–H and O–H groups in total. The van der Waals surface area contributed by atoms with E-state index in [-0.39, 0.29) is 46.2 Å². The monoisotopic (exact) mass is 903 g/mol. The molecule has 7 heterocycles. The zero-order chi connectivity index (χ0) is 48.9. The molecule has 0 amide bonds. The summed E-state index contributed by atoms with van der Waals surface area (Å²) in [4.78, 5) is 0. The number of fused-ring (bicyclic) bond motifs is 15. The van der Waals surface area contributed by atoms with Crippen LogP contribution in [-0.4, -0.2) is 22.7 Å². The van der Waals surface area contributed by atoms with Crippen LogP contribution in [0, 0.1) is 0 Å². The summed E-state index contributed by atoms with van der Waals surface area (Å²) in [6, 6.07) is 35.2. The standard InChI is InChI=1S/C64H68B2N2O/c1-59(2,3)33-19-21-39-41-23-35(61(7,8)9)25-43-45-27-37(63(13,14)15)29-47-55(45)67(53(41)43)65(49(39)31-33)51-52-58(69-57(47)51)48-30-38(64(16,17)18)28-46-44-26-36(62(10,11)12)24-42-40-22-20-34(60(4,5)6)32-50(40)66(52)68(54(42)44)56(46)48/h19-32H,1-18H3. The lowest BCUT2D eigenvalue weighted by Crippen LogP contribution is -2.65. The molecule has 0 saturated carbocycles. The summed E-state index contributed by atoms with van der Waals surface area (Å²) in [5, 5.41) is 5.37. The van der Waals surface area contributed by atoms with Crippen molar-refractivity contribution in [2.24, 2.45) is 0 Å². The fraction of sp³-hybridized carbons (Fsp3) is 0.375. The Morgan fingerprint density at radius 1 is 0.304 bits per heavy atom. The molecular weight excluding hydrogens is 834 g/mol. The van der Waals surface area contributed by atoms with Gasteiger partial charge in [0.25, 0.3) is 0 Å². The van der Waals surface area contributed by atoms with Gasteiger partial charge in [-0.3, -0.25) is 0 Å². The van der Waals surface area contributed by atoms with Crippen molar-refractivity contribution in [3.05, 3.63) is 118 Å². The van der Waals surface area contributed by atoms with Gasteiger partial charge in [0.1, 0.15) is 11.5 Å². The van der Waals surface area contributed by atoms with Crippen LogP contribution in [0.25, 0.3) is 88.5 Å². The second-order valence-electron chi connectivity index (χ2n) is 27.9. The van der Waals surface area contributed by atoms with Crippen molar-refractivity contribution in [3.8, 4) is 44.9 Å². The van der Waals surface area contributed by atoms with Crippen LogP contribution in [-0.2, 0) is 32.5 Å². The lowest BCUT2D eigenvalue weighted by Gasteiger charge is -2.36. The van der Waals surface area contributed by atoms with Gasteiger partial charge in [-0.15, -0.1) is 0 Å². The van der Waals surface area contributed by atoms with Gasteiger partial charge in [-0.2, -0.15) is 0 Å². The van der Waals surface area contributed by atoms with E-state index in [0.717, 1.165) is 11.5 Å². The molecule has 0 atom stereocenters. The van der Waals surface area contributed by atoms with Gasteiger partial charge in [0, 0.05) is 65.9 Å². The Labute approximate surface area is 410 Å². The van der Waals surface area contributed by atoms with E-state index in [2.05, 4.69) is 219 Å².